The van der Waals surface area contributed by atoms with E-state index in [1.54, 1.807) is 0 Å². The smallest absolute Gasteiger partial charge is 0.119 e. The number of rotatable bonds is 4. The molecule has 0 heterocycles. The summed E-state index contributed by atoms with van der Waals surface area (Å²) in [6, 6.07) is 9.80. The third kappa shape index (κ3) is 3.47. The Labute approximate surface area is 79.7 Å². The molecule has 0 aromatic heterocycles. The fourth-order valence-electron chi connectivity index (χ4n) is 0.854. The highest BCUT2D eigenvalue weighted by atomic mass is 16.5. The van der Waals surface area contributed by atoms with Crippen molar-refractivity contribution in [2.45, 2.75) is 13.8 Å². The van der Waals surface area contributed by atoms with Gasteiger partial charge in [-0.3, -0.25) is 0 Å². The summed E-state index contributed by atoms with van der Waals surface area (Å²) < 4.78 is 5.58. The Morgan fingerprint density at radius 1 is 1.23 bits per heavy atom. The molecule has 2 nitrogen and oxygen atoms in total. The van der Waals surface area contributed by atoms with Crippen molar-refractivity contribution in [3.63, 3.8) is 0 Å². The van der Waals surface area contributed by atoms with Crippen LogP contribution in [-0.4, -0.2) is 13.2 Å². The van der Waals surface area contributed by atoms with Crippen molar-refractivity contribution in [1.29, 1.82) is 0 Å². The summed E-state index contributed by atoms with van der Waals surface area (Å²) in [6.45, 7) is 5.49. The number of benzene rings is 1. The van der Waals surface area contributed by atoms with Gasteiger partial charge in [-0.25, -0.2) is 0 Å². The maximum atomic E-state index is 5.59. The molecule has 1 aromatic carbocycles. The largest absolute Gasteiger partial charge is 0.493 e. The standard InChI is InChI=1S/C11H17NO/c1-11(2,8-12)9-13-10-6-4-3-5-7-10/h3-7H,8-9,12H2,1-2H3. The molecular formula is C11H17NO. The lowest BCUT2D eigenvalue weighted by molar-refractivity contribution is 0.187. The van der Waals surface area contributed by atoms with Crippen molar-refractivity contribution >= 4 is 0 Å². The van der Waals surface area contributed by atoms with Crippen LogP contribution < -0.4 is 10.5 Å². The number of ether oxygens (including phenoxy) is 1. The zero-order valence-electron chi connectivity index (χ0n) is 8.29. The summed E-state index contributed by atoms with van der Waals surface area (Å²) in [5, 5.41) is 0. The first-order valence-corrected chi connectivity index (χ1v) is 4.52. The fraction of sp³-hybridized carbons (Fsp3) is 0.455. The van der Waals surface area contributed by atoms with E-state index in [-0.39, 0.29) is 5.41 Å². The van der Waals surface area contributed by atoms with Crippen LogP contribution in [0.15, 0.2) is 30.3 Å². The molecule has 0 bridgehead atoms. The molecule has 0 saturated heterocycles. The molecular weight excluding hydrogens is 162 g/mol. The van der Waals surface area contributed by atoms with Gasteiger partial charge in [0.15, 0.2) is 0 Å². The van der Waals surface area contributed by atoms with E-state index in [1.807, 2.05) is 30.3 Å². The summed E-state index contributed by atoms with van der Waals surface area (Å²) in [5.41, 5.74) is 5.64. The molecule has 0 atom stereocenters. The summed E-state index contributed by atoms with van der Waals surface area (Å²) in [4.78, 5) is 0. The zero-order chi connectivity index (χ0) is 9.73. The number of hydrogen-bond acceptors (Lipinski definition) is 2. The third-order valence-electron chi connectivity index (χ3n) is 1.93. The molecule has 0 amide bonds. The van der Waals surface area contributed by atoms with E-state index < -0.39 is 0 Å². The molecule has 0 aliphatic heterocycles. The second-order valence-electron chi connectivity index (χ2n) is 3.97. The van der Waals surface area contributed by atoms with Gasteiger partial charge in [-0.05, 0) is 12.1 Å². The molecule has 0 aliphatic rings. The molecule has 0 radical (unpaired) electrons. The van der Waals surface area contributed by atoms with Crippen LogP contribution in [0.25, 0.3) is 0 Å². The monoisotopic (exact) mass is 179 g/mol. The van der Waals surface area contributed by atoms with E-state index in [2.05, 4.69) is 13.8 Å². The Hall–Kier alpha value is -1.02. The van der Waals surface area contributed by atoms with Crippen molar-refractivity contribution in [1.82, 2.24) is 0 Å². The summed E-state index contributed by atoms with van der Waals surface area (Å²) in [7, 11) is 0. The van der Waals surface area contributed by atoms with Gasteiger partial charge in [-0.15, -0.1) is 0 Å². The van der Waals surface area contributed by atoms with Crippen LogP contribution in [0.1, 0.15) is 13.8 Å². The maximum Gasteiger partial charge on any atom is 0.119 e. The van der Waals surface area contributed by atoms with Gasteiger partial charge >= 0.3 is 0 Å². The Morgan fingerprint density at radius 3 is 2.38 bits per heavy atom. The van der Waals surface area contributed by atoms with Crippen LogP contribution in [0.5, 0.6) is 5.75 Å². The first-order valence-electron chi connectivity index (χ1n) is 4.52. The average molecular weight is 179 g/mol. The lowest BCUT2D eigenvalue weighted by Gasteiger charge is -2.22. The first-order chi connectivity index (χ1) is 6.14. The molecule has 72 valence electrons. The van der Waals surface area contributed by atoms with Crippen LogP contribution in [0, 0.1) is 5.41 Å². The van der Waals surface area contributed by atoms with E-state index in [1.165, 1.54) is 0 Å². The van der Waals surface area contributed by atoms with Gasteiger partial charge in [0.2, 0.25) is 0 Å². The van der Waals surface area contributed by atoms with Crippen molar-refractivity contribution < 1.29 is 4.74 Å². The van der Waals surface area contributed by atoms with Crippen molar-refractivity contribution in [3.8, 4) is 5.75 Å². The van der Waals surface area contributed by atoms with Gasteiger partial charge in [0.1, 0.15) is 5.75 Å². The van der Waals surface area contributed by atoms with Gasteiger partial charge in [0.05, 0.1) is 6.61 Å². The number of nitrogens with two attached hydrogens (primary N) is 1. The lowest BCUT2D eigenvalue weighted by Crippen LogP contribution is -2.30. The van der Waals surface area contributed by atoms with Gasteiger partial charge in [-0.1, -0.05) is 32.0 Å². The van der Waals surface area contributed by atoms with E-state index in [9.17, 15) is 0 Å². The van der Waals surface area contributed by atoms with Crippen molar-refractivity contribution in [3.05, 3.63) is 30.3 Å². The lowest BCUT2D eigenvalue weighted by atomic mass is 9.95. The highest BCUT2D eigenvalue weighted by Gasteiger charge is 2.15. The Kier molecular flexibility index (Phi) is 3.32. The summed E-state index contributed by atoms with van der Waals surface area (Å²) in [6.07, 6.45) is 0. The SMILES string of the molecule is CC(C)(CN)COc1ccccc1. The molecule has 1 aromatic rings. The minimum absolute atomic E-state index is 0.0514. The van der Waals surface area contributed by atoms with Crippen LogP contribution >= 0.6 is 0 Å². The van der Waals surface area contributed by atoms with E-state index in [0.717, 1.165) is 5.75 Å². The molecule has 0 aliphatic carbocycles. The second-order valence-corrected chi connectivity index (χ2v) is 3.97. The minimum Gasteiger partial charge on any atom is -0.493 e. The summed E-state index contributed by atoms with van der Waals surface area (Å²) in [5.74, 6) is 0.907. The van der Waals surface area contributed by atoms with Crippen LogP contribution in [0.2, 0.25) is 0 Å². The highest BCUT2D eigenvalue weighted by molar-refractivity contribution is 5.20. The molecule has 0 saturated carbocycles. The number of hydrogen-bond donors (Lipinski definition) is 1. The Morgan fingerprint density at radius 2 is 1.85 bits per heavy atom. The predicted octanol–water partition coefficient (Wildman–Crippen LogP) is 2.05. The van der Waals surface area contributed by atoms with Gasteiger partial charge in [-0.2, -0.15) is 0 Å². The van der Waals surface area contributed by atoms with Crippen molar-refractivity contribution in [2.75, 3.05) is 13.2 Å². The van der Waals surface area contributed by atoms with Gasteiger partial charge < -0.3 is 10.5 Å². The summed E-state index contributed by atoms with van der Waals surface area (Å²) >= 11 is 0. The Bertz CT molecular complexity index is 244. The van der Waals surface area contributed by atoms with Gasteiger partial charge in [0, 0.05) is 12.0 Å². The normalized spacial score (nSPS) is 11.3. The predicted molar refractivity (Wildman–Crippen MR) is 54.8 cm³/mol. The second kappa shape index (κ2) is 4.28. The first kappa shape index (κ1) is 10.1. The van der Waals surface area contributed by atoms with Crippen LogP contribution in [-0.2, 0) is 0 Å². The molecule has 0 unspecified atom stereocenters. The molecule has 13 heavy (non-hydrogen) atoms. The molecule has 0 fully saturated rings. The third-order valence-corrected chi connectivity index (χ3v) is 1.93. The van der Waals surface area contributed by atoms with E-state index in [0.29, 0.717) is 13.2 Å². The van der Waals surface area contributed by atoms with Gasteiger partial charge in [0.25, 0.3) is 0 Å². The molecule has 0 spiro atoms. The zero-order valence-corrected chi connectivity index (χ0v) is 8.29. The molecule has 1 rings (SSSR count). The van der Waals surface area contributed by atoms with E-state index >= 15 is 0 Å². The average Bonchev–Trinajstić information content (AvgIpc) is 2.17. The quantitative estimate of drug-likeness (QED) is 0.767. The van der Waals surface area contributed by atoms with Crippen molar-refractivity contribution in [2.24, 2.45) is 11.1 Å². The topological polar surface area (TPSA) is 35.2 Å². The fourth-order valence-corrected chi connectivity index (χ4v) is 0.854. The molecule has 2 heteroatoms. The van der Waals surface area contributed by atoms with Crippen LogP contribution in [0.4, 0.5) is 0 Å². The maximum absolute atomic E-state index is 5.59. The molecule has 2 N–H and O–H groups in total. The van der Waals surface area contributed by atoms with E-state index in [4.69, 9.17) is 10.5 Å². The van der Waals surface area contributed by atoms with Crippen LogP contribution in [0.3, 0.4) is 0 Å². The highest BCUT2D eigenvalue weighted by Crippen LogP contribution is 2.16. The Balaban J connectivity index is 2.44. The number of para-hydroxylation sites is 1. The minimum atomic E-state index is 0.0514.